The van der Waals surface area contributed by atoms with E-state index in [-0.39, 0.29) is 12.1 Å². The van der Waals surface area contributed by atoms with Crippen LogP contribution in [0.4, 0.5) is 5.82 Å². The third-order valence-electron chi connectivity index (χ3n) is 3.26. The molecule has 1 saturated heterocycles. The highest BCUT2D eigenvalue weighted by atomic mass is 127. The average Bonchev–Trinajstić information content (AvgIpc) is 2.26. The van der Waals surface area contributed by atoms with Crippen LogP contribution in [0.2, 0.25) is 0 Å². The lowest BCUT2D eigenvalue weighted by Gasteiger charge is -2.43. The van der Waals surface area contributed by atoms with Gasteiger partial charge in [0.2, 0.25) is 10.0 Å². The van der Waals surface area contributed by atoms with Crippen LogP contribution in [0.3, 0.4) is 0 Å². The van der Waals surface area contributed by atoms with E-state index in [1.165, 1.54) is 6.26 Å². The molecule has 0 spiro atoms. The molecule has 0 aliphatic carbocycles. The first-order valence-corrected chi connectivity index (χ1v) is 9.07. The van der Waals surface area contributed by atoms with Gasteiger partial charge in [-0.2, -0.15) is 4.31 Å². The van der Waals surface area contributed by atoms with Crippen molar-refractivity contribution in [2.24, 2.45) is 0 Å². The minimum absolute atomic E-state index is 0.0418. The number of nitrogens with zero attached hydrogens (tertiary/aromatic N) is 3. The van der Waals surface area contributed by atoms with Crippen molar-refractivity contribution in [3.63, 3.8) is 0 Å². The predicted molar refractivity (Wildman–Crippen MR) is 84.8 cm³/mol. The minimum atomic E-state index is -3.15. The molecule has 2 heterocycles. The van der Waals surface area contributed by atoms with Crippen LogP contribution < -0.4 is 4.90 Å². The van der Waals surface area contributed by atoms with Crippen molar-refractivity contribution < 1.29 is 8.42 Å². The molecule has 1 aliphatic rings. The van der Waals surface area contributed by atoms with E-state index in [2.05, 4.69) is 32.5 Å². The van der Waals surface area contributed by atoms with E-state index in [9.17, 15) is 8.42 Å². The maximum atomic E-state index is 11.8. The molecule has 19 heavy (non-hydrogen) atoms. The van der Waals surface area contributed by atoms with E-state index in [0.29, 0.717) is 13.1 Å². The number of aromatic nitrogens is 1. The molecule has 5 nitrogen and oxygen atoms in total. The summed E-state index contributed by atoms with van der Waals surface area (Å²) < 4.78 is 26.3. The molecular weight excluding hydrogens is 377 g/mol. The van der Waals surface area contributed by atoms with Crippen molar-refractivity contribution in [3.8, 4) is 0 Å². The van der Waals surface area contributed by atoms with Gasteiger partial charge in [-0.25, -0.2) is 13.4 Å². The van der Waals surface area contributed by atoms with Gasteiger partial charge in [0.25, 0.3) is 0 Å². The van der Waals surface area contributed by atoms with Gasteiger partial charge in [-0.05, 0) is 48.6 Å². The van der Waals surface area contributed by atoms with E-state index in [1.54, 1.807) is 4.31 Å². The summed E-state index contributed by atoms with van der Waals surface area (Å²) in [4.78, 5) is 6.55. The lowest BCUT2D eigenvalue weighted by Crippen LogP contribution is -2.58. The van der Waals surface area contributed by atoms with Crippen molar-refractivity contribution in [3.05, 3.63) is 21.9 Å². The number of anilines is 1. The maximum absolute atomic E-state index is 11.8. The largest absolute Gasteiger partial charge is 0.353 e. The Hall–Kier alpha value is -0.410. The van der Waals surface area contributed by atoms with Gasteiger partial charge in [-0.3, -0.25) is 0 Å². The molecule has 2 unspecified atom stereocenters. The summed E-state index contributed by atoms with van der Waals surface area (Å²) in [6, 6.07) is 3.91. The second-order valence-electron chi connectivity index (χ2n) is 5.03. The van der Waals surface area contributed by atoms with E-state index in [1.807, 2.05) is 32.2 Å². The molecule has 1 aromatic rings. The van der Waals surface area contributed by atoms with Crippen molar-refractivity contribution in [1.29, 1.82) is 0 Å². The van der Waals surface area contributed by atoms with Crippen LogP contribution in [-0.2, 0) is 10.0 Å². The average molecular weight is 395 g/mol. The maximum Gasteiger partial charge on any atom is 0.211 e. The highest BCUT2D eigenvalue weighted by molar-refractivity contribution is 14.1. The molecular formula is C12H18IN3O2S. The summed E-state index contributed by atoms with van der Waals surface area (Å²) >= 11 is 2.22. The van der Waals surface area contributed by atoms with E-state index in [0.717, 1.165) is 9.39 Å². The highest BCUT2D eigenvalue weighted by Crippen LogP contribution is 2.23. The van der Waals surface area contributed by atoms with Gasteiger partial charge in [0.1, 0.15) is 5.82 Å². The topological polar surface area (TPSA) is 53.5 Å². The van der Waals surface area contributed by atoms with E-state index < -0.39 is 10.0 Å². The summed E-state index contributed by atoms with van der Waals surface area (Å²) in [5.74, 6) is 0.910. The SMILES string of the molecule is CC1CN(c2ccc(I)cn2)CC(C)N1S(C)(=O)=O. The van der Waals surface area contributed by atoms with Gasteiger partial charge in [-0.15, -0.1) is 0 Å². The van der Waals surface area contributed by atoms with Crippen LogP contribution in [0.5, 0.6) is 0 Å². The van der Waals surface area contributed by atoms with Crippen LogP contribution in [0.15, 0.2) is 18.3 Å². The van der Waals surface area contributed by atoms with Gasteiger partial charge in [0, 0.05) is 34.9 Å². The number of halogens is 1. The van der Waals surface area contributed by atoms with Crippen LogP contribution in [0.1, 0.15) is 13.8 Å². The molecule has 0 bridgehead atoms. The molecule has 0 amide bonds. The third kappa shape index (κ3) is 3.38. The first-order chi connectivity index (χ1) is 8.79. The number of rotatable bonds is 2. The van der Waals surface area contributed by atoms with E-state index in [4.69, 9.17) is 0 Å². The van der Waals surface area contributed by atoms with Gasteiger partial charge in [-0.1, -0.05) is 0 Å². The smallest absolute Gasteiger partial charge is 0.211 e. The quantitative estimate of drug-likeness (QED) is 0.714. The van der Waals surface area contributed by atoms with Crippen molar-refractivity contribution in [1.82, 2.24) is 9.29 Å². The molecule has 1 fully saturated rings. The summed E-state index contributed by atoms with van der Waals surface area (Å²) in [5.41, 5.74) is 0. The van der Waals surface area contributed by atoms with E-state index >= 15 is 0 Å². The second kappa shape index (κ2) is 5.53. The Kier molecular flexibility index (Phi) is 4.36. The predicted octanol–water partition coefficient (Wildman–Crippen LogP) is 1.54. The first-order valence-electron chi connectivity index (χ1n) is 6.14. The Bertz CT molecular complexity index is 535. The second-order valence-corrected chi connectivity index (χ2v) is 8.16. The summed E-state index contributed by atoms with van der Waals surface area (Å²) in [6.45, 7) is 5.23. The third-order valence-corrected chi connectivity index (χ3v) is 5.38. The molecule has 1 aliphatic heterocycles. The molecule has 0 aromatic carbocycles. The Morgan fingerprint density at radius 1 is 1.26 bits per heavy atom. The number of sulfonamides is 1. The number of pyridine rings is 1. The summed E-state index contributed by atoms with van der Waals surface area (Å²) in [6.07, 6.45) is 3.10. The number of piperazine rings is 1. The number of hydrogen-bond acceptors (Lipinski definition) is 4. The van der Waals surface area contributed by atoms with Gasteiger partial charge in [0.05, 0.1) is 6.26 Å². The van der Waals surface area contributed by atoms with Crippen LogP contribution in [0.25, 0.3) is 0 Å². The molecule has 0 saturated carbocycles. The summed E-state index contributed by atoms with van der Waals surface area (Å²) in [5, 5.41) is 0. The molecule has 0 N–H and O–H groups in total. The van der Waals surface area contributed by atoms with Crippen molar-refractivity contribution >= 4 is 38.4 Å². The zero-order chi connectivity index (χ0) is 14.2. The Labute approximate surface area is 128 Å². The van der Waals surface area contributed by atoms with Gasteiger partial charge < -0.3 is 4.90 Å². The Morgan fingerprint density at radius 2 is 1.84 bits per heavy atom. The van der Waals surface area contributed by atoms with Crippen LogP contribution in [-0.4, -0.2) is 49.1 Å². The Morgan fingerprint density at radius 3 is 2.26 bits per heavy atom. The monoisotopic (exact) mass is 395 g/mol. The molecule has 2 atom stereocenters. The standard InChI is InChI=1S/C12H18IN3O2S/c1-9-7-15(12-5-4-11(13)6-14-12)8-10(2)16(9)19(3,17)18/h4-6,9-10H,7-8H2,1-3H3. The van der Waals surface area contributed by atoms with Crippen LogP contribution >= 0.6 is 22.6 Å². The molecule has 0 radical (unpaired) electrons. The fourth-order valence-electron chi connectivity index (χ4n) is 2.70. The molecule has 7 heteroatoms. The fraction of sp³-hybridized carbons (Fsp3) is 0.583. The molecule has 1 aromatic heterocycles. The fourth-order valence-corrected chi connectivity index (χ4v) is 4.46. The first kappa shape index (κ1) is 15.0. The Balaban J connectivity index is 2.20. The lowest BCUT2D eigenvalue weighted by molar-refractivity contribution is 0.242. The highest BCUT2D eigenvalue weighted by Gasteiger charge is 2.35. The number of hydrogen-bond donors (Lipinski definition) is 0. The normalized spacial score (nSPS) is 25.6. The minimum Gasteiger partial charge on any atom is -0.353 e. The van der Waals surface area contributed by atoms with Crippen LogP contribution in [0, 0.1) is 3.57 Å². The van der Waals surface area contributed by atoms with Gasteiger partial charge in [0.15, 0.2) is 0 Å². The zero-order valence-corrected chi connectivity index (χ0v) is 14.2. The van der Waals surface area contributed by atoms with Gasteiger partial charge >= 0.3 is 0 Å². The van der Waals surface area contributed by atoms with Crippen molar-refractivity contribution in [2.75, 3.05) is 24.2 Å². The summed E-state index contributed by atoms with van der Waals surface area (Å²) in [7, 11) is -3.15. The molecule has 106 valence electrons. The molecule has 2 rings (SSSR count). The zero-order valence-electron chi connectivity index (χ0n) is 11.2. The van der Waals surface area contributed by atoms with Crippen molar-refractivity contribution in [2.45, 2.75) is 25.9 Å². The lowest BCUT2D eigenvalue weighted by atomic mass is 10.1.